The van der Waals surface area contributed by atoms with Crippen molar-refractivity contribution in [1.82, 2.24) is 4.98 Å². The van der Waals surface area contributed by atoms with E-state index in [2.05, 4.69) is 9.72 Å². The molecule has 0 radical (unpaired) electrons. The first-order valence-electron chi connectivity index (χ1n) is 4.00. The van der Waals surface area contributed by atoms with Crippen LogP contribution in [0.15, 0.2) is 18.3 Å². The van der Waals surface area contributed by atoms with Gasteiger partial charge in [-0.2, -0.15) is 0 Å². The van der Waals surface area contributed by atoms with Gasteiger partial charge in [0.05, 0.1) is 24.2 Å². The normalized spacial score (nSPS) is 12.2. The highest BCUT2D eigenvalue weighted by molar-refractivity contribution is 6.30. The summed E-state index contributed by atoms with van der Waals surface area (Å²) in [6.07, 6.45) is 0.363. The van der Waals surface area contributed by atoms with E-state index in [1.165, 1.54) is 13.3 Å². The number of hydrogen-bond donors (Lipinski definition) is 1. The van der Waals surface area contributed by atoms with E-state index in [1.807, 2.05) is 0 Å². The van der Waals surface area contributed by atoms with E-state index in [4.69, 9.17) is 11.6 Å². The van der Waals surface area contributed by atoms with E-state index in [9.17, 15) is 9.90 Å². The first-order chi connectivity index (χ1) is 6.63. The molecule has 0 spiro atoms. The molecule has 1 aromatic rings. The van der Waals surface area contributed by atoms with Crippen LogP contribution < -0.4 is 0 Å². The SMILES string of the molecule is COC(=O)C[C@H](O)c1ccc(Cl)cn1. The first kappa shape index (κ1) is 10.9. The Balaban J connectivity index is 2.65. The van der Waals surface area contributed by atoms with E-state index in [-0.39, 0.29) is 6.42 Å². The van der Waals surface area contributed by atoms with E-state index in [0.29, 0.717) is 10.7 Å². The maximum atomic E-state index is 10.8. The summed E-state index contributed by atoms with van der Waals surface area (Å²) >= 11 is 5.61. The topological polar surface area (TPSA) is 59.4 Å². The quantitative estimate of drug-likeness (QED) is 0.773. The fraction of sp³-hybridized carbons (Fsp3) is 0.333. The van der Waals surface area contributed by atoms with Crippen molar-refractivity contribution in [3.05, 3.63) is 29.0 Å². The van der Waals surface area contributed by atoms with Crippen molar-refractivity contribution in [3.63, 3.8) is 0 Å². The van der Waals surface area contributed by atoms with Crippen molar-refractivity contribution >= 4 is 17.6 Å². The molecule has 0 aromatic carbocycles. The average molecular weight is 216 g/mol. The van der Waals surface area contributed by atoms with Crippen LogP contribution in [0.25, 0.3) is 0 Å². The summed E-state index contributed by atoms with van der Waals surface area (Å²) in [4.78, 5) is 14.7. The van der Waals surface area contributed by atoms with Crippen molar-refractivity contribution in [3.8, 4) is 0 Å². The lowest BCUT2D eigenvalue weighted by Gasteiger charge is -2.07. The van der Waals surface area contributed by atoms with Crippen molar-refractivity contribution < 1.29 is 14.6 Å². The Hall–Kier alpha value is -1.13. The predicted octanol–water partition coefficient (Wildman–Crippen LogP) is 1.33. The molecule has 0 saturated heterocycles. The van der Waals surface area contributed by atoms with Gasteiger partial charge in [0, 0.05) is 6.20 Å². The molecule has 0 unspecified atom stereocenters. The molecular formula is C9H10ClNO3. The molecule has 0 bridgehead atoms. The standard InChI is InChI=1S/C9H10ClNO3/c1-14-9(13)4-8(12)7-3-2-6(10)5-11-7/h2-3,5,8,12H,4H2,1H3/t8-/m0/s1. The number of ether oxygens (including phenoxy) is 1. The number of pyridine rings is 1. The van der Waals surface area contributed by atoms with Crippen LogP contribution in [0.2, 0.25) is 5.02 Å². The van der Waals surface area contributed by atoms with Gasteiger partial charge < -0.3 is 9.84 Å². The van der Waals surface area contributed by atoms with Crippen molar-refractivity contribution in [2.75, 3.05) is 7.11 Å². The fourth-order valence-electron chi connectivity index (χ4n) is 0.930. The van der Waals surface area contributed by atoms with Crippen LogP contribution in [-0.4, -0.2) is 23.2 Å². The van der Waals surface area contributed by atoms with Gasteiger partial charge in [-0.1, -0.05) is 11.6 Å². The van der Waals surface area contributed by atoms with Crippen LogP contribution >= 0.6 is 11.6 Å². The van der Waals surface area contributed by atoms with Gasteiger partial charge in [0.1, 0.15) is 6.10 Å². The minimum atomic E-state index is -0.945. The minimum Gasteiger partial charge on any atom is -0.469 e. The summed E-state index contributed by atoms with van der Waals surface area (Å²) in [6.45, 7) is 0. The smallest absolute Gasteiger partial charge is 0.308 e. The van der Waals surface area contributed by atoms with Gasteiger partial charge in [-0.15, -0.1) is 0 Å². The Bertz CT molecular complexity index is 312. The summed E-state index contributed by atoms with van der Waals surface area (Å²) in [7, 11) is 1.27. The number of hydrogen-bond acceptors (Lipinski definition) is 4. The molecule has 1 heterocycles. The van der Waals surface area contributed by atoms with Gasteiger partial charge in [-0.3, -0.25) is 9.78 Å². The summed E-state index contributed by atoms with van der Waals surface area (Å²) in [5.74, 6) is -0.478. The average Bonchev–Trinajstić information content (AvgIpc) is 2.18. The summed E-state index contributed by atoms with van der Waals surface area (Å²) in [6, 6.07) is 3.17. The third-order valence-corrected chi connectivity index (χ3v) is 1.90. The summed E-state index contributed by atoms with van der Waals surface area (Å²) < 4.78 is 4.41. The van der Waals surface area contributed by atoms with Crippen molar-refractivity contribution in [2.45, 2.75) is 12.5 Å². The third kappa shape index (κ3) is 2.97. The number of rotatable bonds is 3. The van der Waals surface area contributed by atoms with Gasteiger partial charge in [-0.25, -0.2) is 0 Å². The Labute approximate surface area is 86.5 Å². The summed E-state index contributed by atoms with van der Waals surface area (Å²) in [5.41, 5.74) is 0.403. The Morgan fingerprint density at radius 2 is 2.43 bits per heavy atom. The zero-order valence-corrected chi connectivity index (χ0v) is 8.36. The summed E-state index contributed by atoms with van der Waals surface area (Å²) in [5, 5.41) is 9.99. The largest absolute Gasteiger partial charge is 0.469 e. The molecular weight excluding hydrogens is 206 g/mol. The Kier molecular flexibility index (Phi) is 3.85. The second kappa shape index (κ2) is 4.93. The van der Waals surface area contributed by atoms with Crippen molar-refractivity contribution in [1.29, 1.82) is 0 Å². The van der Waals surface area contributed by atoms with Gasteiger partial charge >= 0.3 is 5.97 Å². The molecule has 0 aliphatic rings. The lowest BCUT2D eigenvalue weighted by molar-refractivity contribution is -0.142. The van der Waals surface area contributed by atoms with E-state index >= 15 is 0 Å². The second-order valence-electron chi connectivity index (χ2n) is 2.70. The molecule has 14 heavy (non-hydrogen) atoms. The predicted molar refractivity (Wildman–Crippen MR) is 50.8 cm³/mol. The number of halogens is 1. The first-order valence-corrected chi connectivity index (χ1v) is 4.37. The minimum absolute atomic E-state index is 0.106. The second-order valence-corrected chi connectivity index (χ2v) is 3.13. The molecule has 5 heteroatoms. The molecule has 0 saturated carbocycles. The molecule has 0 aliphatic heterocycles. The Morgan fingerprint density at radius 1 is 1.71 bits per heavy atom. The zero-order valence-electron chi connectivity index (χ0n) is 7.61. The van der Waals surface area contributed by atoms with E-state index < -0.39 is 12.1 Å². The molecule has 1 rings (SSSR count). The number of aliphatic hydroxyl groups excluding tert-OH is 1. The maximum Gasteiger partial charge on any atom is 0.308 e. The lowest BCUT2D eigenvalue weighted by atomic mass is 10.2. The molecule has 0 aliphatic carbocycles. The number of aliphatic hydroxyl groups is 1. The van der Waals surface area contributed by atoms with Gasteiger partial charge in [-0.05, 0) is 12.1 Å². The number of methoxy groups -OCH3 is 1. The zero-order chi connectivity index (χ0) is 10.6. The maximum absolute atomic E-state index is 10.8. The van der Waals surface area contributed by atoms with Crippen LogP contribution in [0, 0.1) is 0 Å². The van der Waals surface area contributed by atoms with Gasteiger partial charge in [0.2, 0.25) is 0 Å². The number of carbonyl (C=O) groups is 1. The third-order valence-electron chi connectivity index (χ3n) is 1.68. The number of esters is 1. The molecule has 76 valence electrons. The number of aromatic nitrogens is 1. The number of nitrogens with zero attached hydrogens (tertiary/aromatic N) is 1. The van der Waals surface area contributed by atoms with Crippen LogP contribution in [0.4, 0.5) is 0 Å². The van der Waals surface area contributed by atoms with E-state index in [1.54, 1.807) is 12.1 Å². The molecule has 1 atom stereocenters. The van der Waals surface area contributed by atoms with Crippen LogP contribution in [0.1, 0.15) is 18.2 Å². The van der Waals surface area contributed by atoms with Crippen LogP contribution in [0.3, 0.4) is 0 Å². The van der Waals surface area contributed by atoms with E-state index in [0.717, 1.165) is 0 Å². The Morgan fingerprint density at radius 3 is 2.93 bits per heavy atom. The molecule has 1 N–H and O–H groups in total. The number of carbonyl (C=O) groups excluding carboxylic acids is 1. The molecule has 0 fully saturated rings. The van der Waals surface area contributed by atoms with Gasteiger partial charge in [0.25, 0.3) is 0 Å². The molecule has 4 nitrogen and oxygen atoms in total. The monoisotopic (exact) mass is 215 g/mol. The van der Waals surface area contributed by atoms with Crippen molar-refractivity contribution in [2.24, 2.45) is 0 Å². The van der Waals surface area contributed by atoms with Crippen LogP contribution in [-0.2, 0) is 9.53 Å². The van der Waals surface area contributed by atoms with Crippen LogP contribution in [0.5, 0.6) is 0 Å². The van der Waals surface area contributed by atoms with Gasteiger partial charge in [0.15, 0.2) is 0 Å². The highest BCUT2D eigenvalue weighted by Crippen LogP contribution is 2.16. The molecule has 0 amide bonds. The fourth-order valence-corrected chi connectivity index (χ4v) is 1.04. The highest BCUT2D eigenvalue weighted by atomic mass is 35.5. The lowest BCUT2D eigenvalue weighted by Crippen LogP contribution is -2.09. The molecule has 1 aromatic heterocycles. The highest BCUT2D eigenvalue weighted by Gasteiger charge is 2.13.